The highest BCUT2D eigenvalue weighted by Crippen LogP contribution is 2.31. The molecule has 1 aliphatic heterocycles. The normalized spacial score (nSPS) is 29.1. The van der Waals surface area contributed by atoms with Crippen molar-refractivity contribution in [2.24, 2.45) is 11.8 Å². The average Bonchev–Trinajstić information content (AvgIpc) is 3.03. The molecule has 0 aromatic rings. The van der Waals surface area contributed by atoms with E-state index < -0.39 is 5.97 Å². The Hall–Kier alpha value is -1.30. The van der Waals surface area contributed by atoms with Gasteiger partial charge in [0, 0.05) is 25.7 Å². The summed E-state index contributed by atoms with van der Waals surface area (Å²) in [6.45, 7) is 2.17. The molecule has 6 heteroatoms. The van der Waals surface area contributed by atoms with Crippen LogP contribution in [0.1, 0.15) is 32.1 Å². The van der Waals surface area contributed by atoms with E-state index in [1.807, 2.05) is 19.0 Å². The van der Waals surface area contributed by atoms with Gasteiger partial charge in [-0.3, -0.25) is 4.79 Å². The number of amides is 2. The van der Waals surface area contributed by atoms with Crippen molar-refractivity contribution in [2.75, 3.05) is 33.7 Å². The van der Waals surface area contributed by atoms with Crippen LogP contribution in [-0.2, 0) is 4.79 Å². The summed E-state index contributed by atoms with van der Waals surface area (Å²) in [5.74, 6) is -0.929. The van der Waals surface area contributed by atoms with Gasteiger partial charge in [0.25, 0.3) is 0 Å². The molecule has 2 rings (SSSR count). The predicted molar refractivity (Wildman–Crippen MR) is 80.1 cm³/mol. The number of nitrogens with one attached hydrogen (secondary N) is 1. The maximum Gasteiger partial charge on any atom is 0.317 e. The number of nitrogens with zero attached hydrogens (tertiary/aromatic N) is 2. The van der Waals surface area contributed by atoms with Crippen molar-refractivity contribution in [1.29, 1.82) is 0 Å². The number of likely N-dealkylation sites (N-methyl/N-ethyl adjacent to an activating group) is 1. The Bertz CT molecular complexity index is 386. The summed E-state index contributed by atoms with van der Waals surface area (Å²) >= 11 is 0. The minimum atomic E-state index is -0.724. The molecule has 3 atom stereocenters. The van der Waals surface area contributed by atoms with Gasteiger partial charge in [-0.2, -0.15) is 0 Å². The Morgan fingerprint density at radius 1 is 1.24 bits per heavy atom. The minimum absolute atomic E-state index is 0.0320. The number of aliphatic carboxylic acids is 1. The Balaban J connectivity index is 1.82. The van der Waals surface area contributed by atoms with Gasteiger partial charge >= 0.3 is 12.0 Å². The zero-order valence-electron chi connectivity index (χ0n) is 13.0. The molecule has 0 spiro atoms. The lowest BCUT2D eigenvalue weighted by Gasteiger charge is -2.28. The molecule has 21 heavy (non-hydrogen) atoms. The first-order valence-electron chi connectivity index (χ1n) is 7.91. The molecule has 120 valence electrons. The third-order valence-electron chi connectivity index (χ3n) is 4.71. The van der Waals surface area contributed by atoms with Gasteiger partial charge in [0.2, 0.25) is 0 Å². The fourth-order valence-electron chi connectivity index (χ4n) is 3.64. The highest BCUT2D eigenvalue weighted by molar-refractivity contribution is 5.75. The fraction of sp³-hybridized carbons (Fsp3) is 0.867. The third kappa shape index (κ3) is 4.09. The largest absolute Gasteiger partial charge is 0.481 e. The van der Waals surface area contributed by atoms with Crippen LogP contribution in [0.25, 0.3) is 0 Å². The fourth-order valence-corrected chi connectivity index (χ4v) is 3.64. The van der Waals surface area contributed by atoms with Gasteiger partial charge in [0.15, 0.2) is 0 Å². The van der Waals surface area contributed by atoms with Gasteiger partial charge in [0.1, 0.15) is 0 Å². The molecule has 6 nitrogen and oxygen atoms in total. The van der Waals surface area contributed by atoms with Gasteiger partial charge in [-0.15, -0.1) is 0 Å². The number of hydrogen-bond donors (Lipinski definition) is 2. The van der Waals surface area contributed by atoms with E-state index >= 15 is 0 Å². The first-order valence-corrected chi connectivity index (χ1v) is 7.91. The SMILES string of the molecule is CN(C)CC1CCCN1C(=O)NCC1CCCC1C(=O)O. The summed E-state index contributed by atoms with van der Waals surface area (Å²) in [5.41, 5.74) is 0. The Morgan fingerprint density at radius 3 is 2.67 bits per heavy atom. The lowest BCUT2D eigenvalue weighted by atomic mass is 9.96. The van der Waals surface area contributed by atoms with E-state index in [1.165, 1.54) is 0 Å². The van der Waals surface area contributed by atoms with E-state index in [-0.39, 0.29) is 23.9 Å². The second kappa shape index (κ2) is 7.11. The summed E-state index contributed by atoms with van der Waals surface area (Å²) in [7, 11) is 4.04. The molecule has 0 radical (unpaired) electrons. The first-order chi connectivity index (χ1) is 9.99. The van der Waals surface area contributed by atoms with Crippen LogP contribution in [0.3, 0.4) is 0 Å². The molecular formula is C15H27N3O3. The quantitative estimate of drug-likeness (QED) is 0.800. The average molecular weight is 297 g/mol. The topological polar surface area (TPSA) is 72.9 Å². The van der Waals surface area contributed by atoms with E-state index in [4.69, 9.17) is 0 Å². The molecule has 0 aromatic carbocycles. The molecule has 1 saturated carbocycles. The van der Waals surface area contributed by atoms with Crippen LogP contribution in [0.2, 0.25) is 0 Å². The number of urea groups is 1. The Labute approximate surface area is 126 Å². The number of carbonyl (C=O) groups excluding carboxylic acids is 1. The maximum atomic E-state index is 12.3. The van der Waals surface area contributed by atoms with Gasteiger partial charge in [-0.05, 0) is 45.7 Å². The molecule has 2 aliphatic rings. The lowest BCUT2D eigenvalue weighted by molar-refractivity contribution is -0.142. The van der Waals surface area contributed by atoms with Crippen LogP contribution >= 0.6 is 0 Å². The van der Waals surface area contributed by atoms with Crippen molar-refractivity contribution >= 4 is 12.0 Å². The number of hydrogen-bond acceptors (Lipinski definition) is 3. The number of carbonyl (C=O) groups is 2. The molecule has 1 heterocycles. The zero-order valence-corrected chi connectivity index (χ0v) is 13.0. The van der Waals surface area contributed by atoms with E-state index in [2.05, 4.69) is 10.2 Å². The second-order valence-corrected chi connectivity index (χ2v) is 6.57. The lowest BCUT2D eigenvalue weighted by Crippen LogP contribution is -2.47. The van der Waals surface area contributed by atoms with Crippen LogP contribution in [0, 0.1) is 11.8 Å². The molecule has 1 aliphatic carbocycles. The molecule has 2 N–H and O–H groups in total. The van der Waals surface area contributed by atoms with Crippen molar-refractivity contribution in [3.63, 3.8) is 0 Å². The van der Waals surface area contributed by atoms with Crippen molar-refractivity contribution in [1.82, 2.24) is 15.1 Å². The van der Waals surface area contributed by atoms with Crippen LogP contribution in [0.5, 0.6) is 0 Å². The smallest absolute Gasteiger partial charge is 0.317 e. The van der Waals surface area contributed by atoms with Gasteiger partial charge in [-0.1, -0.05) is 6.42 Å². The van der Waals surface area contributed by atoms with Crippen LogP contribution in [-0.4, -0.2) is 66.7 Å². The van der Waals surface area contributed by atoms with E-state index in [0.717, 1.165) is 45.2 Å². The molecule has 0 aromatic heterocycles. The molecule has 0 bridgehead atoms. The summed E-state index contributed by atoms with van der Waals surface area (Å²) in [6.07, 6.45) is 4.69. The van der Waals surface area contributed by atoms with E-state index in [1.54, 1.807) is 0 Å². The molecule has 1 saturated heterocycles. The minimum Gasteiger partial charge on any atom is -0.481 e. The monoisotopic (exact) mass is 297 g/mol. The molecule has 2 fully saturated rings. The Morgan fingerprint density at radius 2 is 2.00 bits per heavy atom. The molecule has 2 amide bonds. The summed E-state index contributed by atoms with van der Waals surface area (Å²) < 4.78 is 0. The highest BCUT2D eigenvalue weighted by Gasteiger charge is 2.34. The second-order valence-electron chi connectivity index (χ2n) is 6.57. The van der Waals surface area contributed by atoms with Gasteiger partial charge in [-0.25, -0.2) is 4.79 Å². The number of likely N-dealkylation sites (tertiary alicyclic amines) is 1. The Kier molecular flexibility index (Phi) is 5.45. The van der Waals surface area contributed by atoms with Gasteiger partial charge < -0.3 is 20.2 Å². The summed E-state index contributed by atoms with van der Waals surface area (Å²) in [4.78, 5) is 27.5. The van der Waals surface area contributed by atoms with E-state index in [0.29, 0.717) is 6.54 Å². The molecular weight excluding hydrogens is 270 g/mol. The van der Waals surface area contributed by atoms with Gasteiger partial charge in [0.05, 0.1) is 5.92 Å². The highest BCUT2D eigenvalue weighted by atomic mass is 16.4. The summed E-state index contributed by atoms with van der Waals surface area (Å²) in [6, 6.07) is 0.245. The third-order valence-corrected chi connectivity index (χ3v) is 4.71. The molecule has 3 unspecified atom stereocenters. The van der Waals surface area contributed by atoms with Crippen molar-refractivity contribution < 1.29 is 14.7 Å². The number of carboxylic acid groups (broad SMARTS) is 1. The summed E-state index contributed by atoms with van der Waals surface area (Å²) in [5, 5.41) is 12.1. The number of carboxylic acids is 1. The van der Waals surface area contributed by atoms with Crippen LogP contribution < -0.4 is 5.32 Å². The number of rotatable bonds is 5. The van der Waals surface area contributed by atoms with Crippen molar-refractivity contribution in [3.8, 4) is 0 Å². The van der Waals surface area contributed by atoms with Crippen molar-refractivity contribution in [3.05, 3.63) is 0 Å². The first kappa shape index (κ1) is 16.1. The predicted octanol–water partition coefficient (Wildman–Crippen LogP) is 1.22. The van der Waals surface area contributed by atoms with Crippen LogP contribution in [0.4, 0.5) is 4.79 Å². The zero-order chi connectivity index (χ0) is 15.4. The maximum absolute atomic E-state index is 12.3. The van der Waals surface area contributed by atoms with E-state index in [9.17, 15) is 14.7 Å². The van der Waals surface area contributed by atoms with Crippen LogP contribution in [0.15, 0.2) is 0 Å². The van der Waals surface area contributed by atoms with Crippen molar-refractivity contribution in [2.45, 2.75) is 38.1 Å². The standard InChI is InChI=1S/C15H27N3O3/c1-17(2)10-12-6-4-8-18(12)15(21)16-9-11-5-3-7-13(11)14(19)20/h11-13H,3-10H2,1-2H3,(H,16,21)(H,19,20).